The van der Waals surface area contributed by atoms with Crippen molar-refractivity contribution in [1.29, 1.82) is 0 Å². The van der Waals surface area contributed by atoms with Crippen LogP contribution in [0.3, 0.4) is 0 Å². The highest BCUT2D eigenvalue weighted by Crippen LogP contribution is 2.26. The first-order chi connectivity index (χ1) is 19.2. The lowest BCUT2D eigenvalue weighted by atomic mass is 10.1. The van der Waals surface area contributed by atoms with Crippen molar-refractivity contribution >= 4 is 39.1 Å². The van der Waals surface area contributed by atoms with Crippen LogP contribution in [0, 0.1) is 0 Å². The normalized spacial score (nSPS) is 14.4. The minimum atomic E-state index is -4.14. The molecule has 1 aliphatic rings. The predicted octanol–water partition coefficient (Wildman–Crippen LogP) is 5.02. The Morgan fingerprint density at radius 1 is 0.975 bits per heavy atom. The number of halogens is 1. The molecule has 3 aromatic carbocycles. The van der Waals surface area contributed by atoms with Crippen LogP contribution in [0.25, 0.3) is 0 Å². The number of ether oxygens (including phenoxy) is 1. The lowest BCUT2D eigenvalue weighted by Crippen LogP contribution is -2.52. The lowest BCUT2D eigenvalue weighted by molar-refractivity contribution is -0.139. The third-order valence-electron chi connectivity index (χ3n) is 7.11. The first-order valence-electron chi connectivity index (χ1n) is 13.2. The second-order valence-electron chi connectivity index (χ2n) is 9.84. The lowest BCUT2D eigenvalue weighted by Gasteiger charge is -2.32. The van der Waals surface area contributed by atoms with Gasteiger partial charge >= 0.3 is 0 Å². The van der Waals surface area contributed by atoms with E-state index in [4.69, 9.17) is 16.3 Å². The molecule has 0 unspecified atom stereocenters. The van der Waals surface area contributed by atoms with Gasteiger partial charge in [-0.3, -0.25) is 13.9 Å². The summed E-state index contributed by atoms with van der Waals surface area (Å²) in [4.78, 5) is 28.6. The molecule has 0 saturated heterocycles. The molecule has 0 aromatic heterocycles. The average molecular weight is 584 g/mol. The number of sulfonamides is 1. The third-order valence-corrected chi connectivity index (χ3v) is 9.15. The molecule has 40 heavy (non-hydrogen) atoms. The first-order valence-corrected chi connectivity index (χ1v) is 15.1. The summed E-state index contributed by atoms with van der Waals surface area (Å²) >= 11 is 6.06. The van der Waals surface area contributed by atoms with Crippen LogP contribution in [0.1, 0.15) is 38.2 Å². The molecule has 1 aliphatic carbocycles. The van der Waals surface area contributed by atoms with E-state index in [1.54, 1.807) is 73.7 Å². The van der Waals surface area contributed by atoms with Gasteiger partial charge in [0.1, 0.15) is 18.3 Å². The van der Waals surface area contributed by atoms with Gasteiger partial charge in [-0.25, -0.2) is 8.42 Å². The minimum absolute atomic E-state index is 0.0150. The molecule has 0 radical (unpaired) electrons. The quantitative estimate of drug-likeness (QED) is 0.342. The topological polar surface area (TPSA) is 96.0 Å². The molecule has 0 aliphatic heterocycles. The molecule has 0 heterocycles. The van der Waals surface area contributed by atoms with E-state index in [0.29, 0.717) is 16.5 Å². The number of methoxy groups -OCH3 is 1. The van der Waals surface area contributed by atoms with E-state index in [2.05, 4.69) is 5.32 Å². The molecule has 1 saturated carbocycles. The number of hydrogen-bond acceptors (Lipinski definition) is 5. The average Bonchev–Trinajstić information content (AvgIpc) is 3.48. The van der Waals surface area contributed by atoms with Gasteiger partial charge in [-0.05, 0) is 73.9 Å². The predicted molar refractivity (Wildman–Crippen MR) is 156 cm³/mol. The minimum Gasteiger partial charge on any atom is -0.497 e. The number of anilines is 1. The van der Waals surface area contributed by atoms with E-state index in [1.165, 1.54) is 24.1 Å². The number of amides is 2. The molecular weight excluding hydrogens is 550 g/mol. The van der Waals surface area contributed by atoms with Crippen molar-refractivity contribution in [3.05, 3.63) is 89.4 Å². The zero-order valence-electron chi connectivity index (χ0n) is 22.6. The van der Waals surface area contributed by atoms with E-state index in [-0.39, 0.29) is 23.4 Å². The highest BCUT2D eigenvalue weighted by atomic mass is 35.5. The monoisotopic (exact) mass is 583 g/mol. The van der Waals surface area contributed by atoms with Crippen molar-refractivity contribution in [3.8, 4) is 5.75 Å². The number of carbonyl (C=O) groups excluding carboxylic acids is 2. The number of hydrogen-bond donors (Lipinski definition) is 1. The van der Waals surface area contributed by atoms with Crippen molar-refractivity contribution < 1.29 is 22.7 Å². The van der Waals surface area contributed by atoms with Gasteiger partial charge in [0, 0.05) is 17.6 Å². The van der Waals surface area contributed by atoms with Crippen molar-refractivity contribution in [2.45, 2.75) is 56.1 Å². The fraction of sp³-hybridized carbons (Fsp3) is 0.333. The number of carbonyl (C=O) groups is 2. The van der Waals surface area contributed by atoms with Crippen molar-refractivity contribution in [1.82, 2.24) is 10.2 Å². The highest BCUT2D eigenvalue weighted by Gasteiger charge is 2.33. The fourth-order valence-corrected chi connectivity index (χ4v) is 6.30. The molecule has 0 spiro atoms. The summed E-state index contributed by atoms with van der Waals surface area (Å²) in [5, 5.41) is 3.61. The molecule has 3 aromatic rings. The smallest absolute Gasteiger partial charge is 0.264 e. The number of nitrogens with zero attached hydrogens (tertiary/aromatic N) is 2. The van der Waals surface area contributed by atoms with Crippen LogP contribution in [0.2, 0.25) is 5.02 Å². The second-order valence-corrected chi connectivity index (χ2v) is 12.1. The third kappa shape index (κ3) is 7.14. The van der Waals surface area contributed by atoms with E-state index < -0.39 is 28.5 Å². The van der Waals surface area contributed by atoms with Gasteiger partial charge in [-0.2, -0.15) is 0 Å². The van der Waals surface area contributed by atoms with Gasteiger partial charge < -0.3 is 15.0 Å². The Morgan fingerprint density at radius 2 is 1.60 bits per heavy atom. The molecule has 10 heteroatoms. The summed E-state index contributed by atoms with van der Waals surface area (Å²) in [6.45, 7) is 1.29. The summed E-state index contributed by atoms with van der Waals surface area (Å²) in [5.41, 5.74) is 1.10. The largest absolute Gasteiger partial charge is 0.497 e. The standard InChI is InChI=1S/C30H34ClN3O5S/c1-22(30(36)32-25-8-6-7-9-25)33(20-23-12-14-24(31)15-13-23)29(35)21-34(26-10-4-3-5-11-26)40(37,38)28-18-16-27(39-2)17-19-28/h3-5,10-19,22,25H,6-9,20-21H2,1-2H3,(H,32,36)/t22-/m1/s1. The summed E-state index contributed by atoms with van der Waals surface area (Å²) in [5.74, 6) is -0.263. The highest BCUT2D eigenvalue weighted by molar-refractivity contribution is 7.92. The maximum Gasteiger partial charge on any atom is 0.264 e. The Bertz CT molecular complexity index is 1390. The Balaban J connectivity index is 1.66. The van der Waals surface area contributed by atoms with Gasteiger partial charge in [0.2, 0.25) is 11.8 Å². The molecule has 2 amide bonds. The number of rotatable bonds is 11. The molecule has 4 rings (SSSR count). The van der Waals surface area contributed by atoms with Gasteiger partial charge in [0.05, 0.1) is 17.7 Å². The van der Waals surface area contributed by atoms with Crippen LogP contribution >= 0.6 is 11.6 Å². The summed E-state index contributed by atoms with van der Waals surface area (Å²) < 4.78 is 33.9. The van der Waals surface area contributed by atoms with Crippen LogP contribution in [-0.2, 0) is 26.2 Å². The molecule has 8 nitrogen and oxygen atoms in total. The number of nitrogens with one attached hydrogen (secondary N) is 1. The maximum atomic E-state index is 14.0. The van der Waals surface area contributed by atoms with Gasteiger partial charge in [-0.1, -0.05) is 54.8 Å². The van der Waals surface area contributed by atoms with Crippen LogP contribution < -0.4 is 14.4 Å². The molecule has 1 fully saturated rings. The van der Waals surface area contributed by atoms with Crippen LogP contribution in [0.4, 0.5) is 5.69 Å². The van der Waals surface area contributed by atoms with E-state index in [1.807, 2.05) is 0 Å². The summed E-state index contributed by atoms with van der Waals surface area (Å²) in [6, 6.07) is 20.7. The Morgan fingerprint density at radius 3 is 2.20 bits per heavy atom. The van der Waals surface area contributed by atoms with E-state index in [0.717, 1.165) is 35.6 Å². The Hall–Kier alpha value is -3.56. The van der Waals surface area contributed by atoms with Gasteiger partial charge in [0.15, 0.2) is 0 Å². The van der Waals surface area contributed by atoms with Crippen molar-refractivity contribution in [3.63, 3.8) is 0 Å². The van der Waals surface area contributed by atoms with E-state index >= 15 is 0 Å². The molecule has 1 atom stereocenters. The van der Waals surface area contributed by atoms with Crippen LogP contribution in [0.5, 0.6) is 5.75 Å². The zero-order chi connectivity index (χ0) is 28.7. The van der Waals surface area contributed by atoms with Crippen molar-refractivity contribution in [2.24, 2.45) is 0 Å². The Kier molecular flexibility index (Phi) is 9.71. The molecule has 0 bridgehead atoms. The zero-order valence-corrected chi connectivity index (χ0v) is 24.2. The van der Waals surface area contributed by atoms with Crippen LogP contribution in [0.15, 0.2) is 83.8 Å². The number of benzene rings is 3. The molecule has 212 valence electrons. The SMILES string of the molecule is COc1ccc(S(=O)(=O)N(CC(=O)N(Cc2ccc(Cl)cc2)[C@H](C)C(=O)NC2CCCC2)c2ccccc2)cc1. The van der Waals surface area contributed by atoms with Gasteiger partial charge in [-0.15, -0.1) is 0 Å². The van der Waals surface area contributed by atoms with Gasteiger partial charge in [0.25, 0.3) is 10.0 Å². The molecule has 1 N–H and O–H groups in total. The first kappa shape index (κ1) is 29.4. The maximum absolute atomic E-state index is 14.0. The summed E-state index contributed by atoms with van der Waals surface area (Å²) in [6.07, 6.45) is 3.93. The second kappa shape index (κ2) is 13.2. The van der Waals surface area contributed by atoms with Crippen molar-refractivity contribution in [2.75, 3.05) is 18.0 Å². The molecular formula is C30H34ClN3O5S. The fourth-order valence-electron chi connectivity index (χ4n) is 4.76. The Labute approximate surface area is 240 Å². The number of para-hydroxylation sites is 1. The van der Waals surface area contributed by atoms with E-state index in [9.17, 15) is 18.0 Å². The van der Waals surface area contributed by atoms with Crippen LogP contribution in [-0.4, -0.2) is 50.9 Å². The summed E-state index contributed by atoms with van der Waals surface area (Å²) in [7, 11) is -2.64.